The second-order valence-corrected chi connectivity index (χ2v) is 4.10. The van der Waals surface area contributed by atoms with E-state index in [1.807, 2.05) is 0 Å². The van der Waals surface area contributed by atoms with E-state index in [0.29, 0.717) is 10.3 Å². The number of carboxylic acid groups (broad SMARTS) is 1. The minimum atomic E-state index is -1.17. The number of hydrogen-bond donors (Lipinski definition) is 1. The molecule has 0 amide bonds. The molecule has 0 unspecified atom stereocenters. The molecule has 0 bridgehead atoms. The van der Waals surface area contributed by atoms with Gasteiger partial charge in [-0.1, -0.05) is 5.21 Å². The first-order valence-electron chi connectivity index (χ1n) is 4.59. The zero-order valence-corrected chi connectivity index (χ0v) is 10.3. The molecular weight excluding hydrogens is 293 g/mol. The van der Waals surface area contributed by atoms with E-state index in [1.54, 1.807) is 7.05 Å². The molecule has 1 aromatic carbocycles. The maximum atomic E-state index is 13.8. The number of benzene rings is 1. The van der Waals surface area contributed by atoms with Crippen LogP contribution in [0.3, 0.4) is 0 Å². The van der Waals surface area contributed by atoms with Gasteiger partial charge in [-0.15, -0.1) is 5.10 Å². The first-order valence-corrected chi connectivity index (χ1v) is 5.38. The molecule has 0 atom stereocenters. The van der Waals surface area contributed by atoms with E-state index in [2.05, 4.69) is 26.2 Å². The van der Waals surface area contributed by atoms with Crippen molar-refractivity contribution in [3.63, 3.8) is 0 Å². The topological polar surface area (TPSA) is 68.0 Å². The Bertz CT molecular complexity index is 578. The van der Waals surface area contributed by atoms with E-state index in [9.17, 15) is 9.18 Å². The number of aromatic nitrogens is 3. The average molecular weight is 300 g/mol. The zero-order chi connectivity index (χ0) is 12.6. The van der Waals surface area contributed by atoms with E-state index in [4.69, 9.17) is 5.11 Å². The first kappa shape index (κ1) is 11.7. The summed E-state index contributed by atoms with van der Waals surface area (Å²) in [6.07, 6.45) is 0. The van der Waals surface area contributed by atoms with Gasteiger partial charge in [0.05, 0.1) is 5.56 Å². The van der Waals surface area contributed by atoms with Gasteiger partial charge in [0.25, 0.3) is 0 Å². The largest absolute Gasteiger partial charge is 0.478 e. The number of hydrogen-bond acceptors (Lipinski definition) is 3. The quantitative estimate of drug-likeness (QED) is 0.922. The van der Waals surface area contributed by atoms with Gasteiger partial charge in [-0.3, -0.25) is 0 Å². The highest BCUT2D eigenvalue weighted by Gasteiger charge is 2.16. The Kier molecular flexibility index (Phi) is 2.93. The summed E-state index contributed by atoms with van der Waals surface area (Å²) >= 11 is 3.16. The predicted molar refractivity (Wildman–Crippen MR) is 61.1 cm³/mol. The summed E-state index contributed by atoms with van der Waals surface area (Å²) in [7, 11) is 1.62. The van der Waals surface area contributed by atoms with Gasteiger partial charge in [-0.25, -0.2) is 13.9 Å². The monoisotopic (exact) mass is 299 g/mol. The molecule has 0 radical (unpaired) electrons. The molecule has 2 aromatic rings. The Morgan fingerprint density at radius 2 is 2.24 bits per heavy atom. The van der Waals surface area contributed by atoms with Crippen LogP contribution >= 0.6 is 15.9 Å². The van der Waals surface area contributed by atoms with Crippen LogP contribution in [0.25, 0.3) is 11.3 Å². The molecule has 0 fully saturated rings. The summed E-state index contributed by atoms with van der Waals surface area (Å²) in [6, 6.07) is 3.69. The van der Waals surface area contributed by atoms with E-state index < -0.39 is 11.8 Å². The lowest BCUT2D eigenvalue weighted by atomic mass is 10.1. The average Bonchev–Trinajstić information content (AvgIpc) is 2.59. The predicted octanol–water partition coefficient (Wildman–Crippen LogP) is 2.08. The highest BCUT2D eigenvalue weighted by molar-refractivity contribution is 9.10. The summed E-state index contributed by atoms with van der Waals surface area (Å²) in [5.41, 5.74) is 0.603. The summed E-state index contributed by atoms with van der Waals surface area (Å²) < 4.78 is 15.6. The molecule has 5 nitrogen and oxygen atoms in total. The van der Waals surface area contributed by atoms with E-state index >= 15 is 0 Å². The molecule has 1 heterocycles. The highest BCUT2D eigenvalue weighted by Crippen LogP contribution is 2.28. The van der Waals surface area contributed by atoms with Crippen molar-refractivity contribution in [3.05, 3.63) is 34.2 Å². The Hall–Kier alpha value is -1.76. The molecule has 7 heteroatoms. The lowest BCUT2D eigenvalue weighted by Crippen LogP contribution is -2.00. The van der Waals surface area contributed by atoms with Crippen LogP contribution in [-0.4, -0.2) is 26.1 Å². The highest BCUT2D eigenvalue weighted by atomic mass is 79.9. The number of nitrogens with zero attached hydrogens (tertiary/aromatic N) is 3. The molecule has 0 aliphatic carbocycles. The van der Waals surface area contributed by atoms with Crippen LogP contribution in [0.15, 0.2) is 22.8 Å². The van der Waals surface area contributed by atoms with Crippen LogP contribution in [0.4, 0.5) is 4.39 Å². The molecule has 17 heavy (non-hydrogen) atoms. The van der Waals surface area contributed by atoms with Crippen molar-refractivity contribution in [2.45, 2.75) is 0 Å². The van der Waals surface area contributed by atoms with Gasteiger partial charge in [-0.2, -0.15) is 0 Å². The molecule has 0 aliphatic rings. The minimum absolute atomic E-state index is 0.0995. The van der Waals surface area contributed by atoms with Crippen molar-refractivity contribution in [3.8, 4) is 11.3 Å². The van der Waals surface area contributed by atoms with Crippen molar-refractivity contribution < 1.29 is 14.3 Å². The van der Waals surface area contributed by atoms with Gasteiger partial charge < -0.3 is 5.11 Å². The number of halogens is 2. The Morgan fingerprint density at radius 1 is 1.53 bits per heavy atom. The van der Waals surface area contributed by atoms with Crippen LogP contribution in [-0.2, 0) is 7.05 Å². The lowest BCUT2D eigenvalue weighted by Gasteiger charge is -2.04. The molecule has 2 rings (SSSR count). The van der Waals surface area contributed by atoms with E-state index in [-0.39, 0.29) is 11.1 Å². The van der Waals surface area contributed by atoms with Crippen LogP contribution < -0.4 is 0 Å². The fourth-order valence-electron chi connectivity index (χ4n) is 1.46. The number of aromatic carboxylic acids is 1. The molecule has 0 saturated heterocycles. The number of aryl methyl sites for hydroxylation is 1. The molecule has 1 N–H and O–H groups in total. The Balaban J connectivity index is 2.58. The van der Waals surface area contributed by atoms with Gasteiger partial charge >= 0.3 is 5.97 Å². The second-order valence-electron chi connectivity index (χ2n) is 3.35. The fraction of sp³-hybridized carbons (Fsp3) is 0.100. The summed E-state index contributed by atoms with van der Waals surface area (Å²) in [5.74, 6) is -1.80. The molecule has 0 saturated carbocycles. The zero-order valence-electron chi connectivity index (χ0n) is 8.69. The SMILES string of the molecule is Cn1nnc(Br)c1-c1ccc(C(=O)O)cc1F. The Labute approximate surface area is 104 Å². The van der Waals surface area contributed by atoms with E-state index in [0.717, 1.165) is 6.07 Å². The third kappa shape index (κ3) is 2.05. The van der Waals surface area contributed by atoms with Crippen LogP contribution in [0.5, 0.6) is 0 Å². The standard InChI is InChI=1S/C10H7BrFN3O2/c1-15-8(9(11)13-14-15)6-3-2-5(10(16)17)4-7(6)12/h2-4H,1H3,(H,16,17). The summed E-state index contributed by atoms with van der Waals surface area (Å²) in [6.45, 7) is 0. The lowest BCUT2D eigenvalue weighted by molar-refractivity contribution is 0.0696. The third-order valence-electron chi connectivity index (χ3n) is 2.26. The molecule has 1 aromatic heterocycles. The van der Waals surface area contributed by atoms with Crippen molar-refractivity contribution in [2.75, 3.05) is 0 Å². The maximum Gasteiger partial charge on any atom is 0.335 e. The minimum Gasteiger partial charge on any atom is -0.478 e. The van der Waals surface area contributed by atoms with Crippen molar-refractivity contribution in [2.24, 2.45) is 7.05 Å². The number of rotatable bonds is 2. The number of carboxylic acids is 1. The van der Waals surface area contributed by atoms with Crippen LogP contribution in [0.1, 0.15) is 10.4 Å². The van der Waals surface area contributed by atoms with Crippen LogP contribution in [0, 0.1) is 5.82 Å². The number of carbonyl (C=O) groups is 1. The van der Waals surface area contributed by atoms with E-state index in [1.165, 1.54) is 16.8 Å². The van der Waals surface area contributed by atoms with Gasteiger partial charge in [0.2, 0.25) is 0 Å². The molecular formula is C10H7BrFN3O2. The smallest absolute Gasteiger partial charge is 0.335 e. The van der Waals surface area contributed by atoms with Gasteiger partial charge in [-0.05, 0) is 34.1 Å². The molecule has 0 aliphatic heterocycles. The maximum absolute atomic E-state index is 13.8. The Morgan fingerprint density at radius 3 is 2.71 bits per heavy atom. The first-order chi connectivity index (χ1) is 8.00. The normalized spacial score (nSPS) is 10.5. The molecule has 0 spiro atoms. The van der Waals surface area contributed by atoms with Crippen molar-refractivity contribution >= 4 is 21.9 Å². The van der Waals surface area contributed by atoms with Gasteiger partial charge in [0.1, 0.15) is 11.5 Å². The van der Waals surface area contributed by atoms with Gasteiger partial charge in [0.15, 0.2) is 4.60 Å². The summed E-state index contributed by atoms with van der Waals surface area (Å²) in [4.78, 5) is 10.7. The van der Waals surface area contributed by atoms with Crippen LogP contribution in [0.2, 0.25) is 0 Å². The van der Waals surface area contributed by atoms with Gasteiger partial charge in [0, 0.05) is 12.6 Å². The fourth-order valence-corrected chi connectivity index (χ4v) is 2.00. The van der Waals surface area contributed by atoms with Crippen molar-refractivity contribution in [1.29, 1.82) is 0 Å². The second kappa shape index (κ2) is 4.25. The summed E-state index contributed by atoms with van der Waals surface area (Å²) in [5, 5.41) is 16.2. The van der Waals surface area contributed by atoms with Crippen molar-refractivity contribution in [1.82, 2.24) is 15.0 Å². The third-order valence-corrected chi connectivity index (χ3v) is 2.79. The molecule has 88 valence electrons.